The van der Waals surface area contributed by atoms with Crippen LogP contribution in [0.5, 0.6) is 0 Å². The second-order valence-corrected chi connectivity index (χ2v) is 5.98. The van der Waals surface area contributed by atoms with E-state index in [-0.39, 0.29) is 11.8 Å². The van der Waals surface area contributed by atoms with Crippen molar-refractivity contribution in [1.82, 2.24) is 4.98 Å². The molecular formula is C18H22N4O2. The van der Waals surface area contributed by atoms with Gasteiger partial charge in [0.05, 0.1) is 17.9 Å². The molecule has 2 amide bonds. The van der Waals surface area contributed by atoms with Crippen LogP contribution in [0.25, 0.3) is 0 Å². The zero-order valence-electron chi connectivity index (χ0n) is 13.8. The van der Waals surface area contributed by atoms with Crippen molar-refractivity contribution in [3.63, 3.8) is 0 Å². The van der Waals surface area contributed by atoms with Gasteiger partial charge in [-0.05, 0) is 36.6 Å². The van der Waals surface area contributed by atoms with Crippen molar-refractivity contribution in [2.24, 2.45) is 11.7 Å². The summed E-state index contributed by atoms with van der Waals surface area (Å²) in [6, 6.07) is 11.6. The Morgan fingerprint density at radius 3 is 2.38 bits per heavy atom. The highest BCUT2D eigenvalue weighted by atomic mass is 16.2. The second kappa shape index (κ2) is 8.21. The number of hydrogen-bond acceptors (Lipinski definition) is 4. The first-order valence-corrected chi connectivity index (χ1v) is 7.84. The minimum atomic E-state index is -0.553. The van der Waals surface area contributed by atoms with Crippen molar-refractivity contribution < 1.29 is 9.59 Å². The number of amides is 2. The number of pyridine rings is 1. The third-order valence-corrected chi connectivity index (χ3v) is 3.37. The summed E-state index contributed by atoms with van der Waals surface area (Å²) in [7, 11) is 0. The molecule has 1 aromatic carbocycles. The molecule has 0 unspecified atom stereocenters. The van der Waals surface area contributed by atoms with Gasteiger partial charge >= 0.3 is 0 Å². The molecule has 2 rings (SSSR count). The van der Waals surface area contributed by atoms with Crippen LogP contribution < -0.4 is 16.4 Å². The SMILES string of the molecule is CC(C)C[C@H](N)C(=O)Nc1ccc(NC(=O)c2ccccc2)nc1. The molecule has 0 aliphatic heterocycles. The lowest BCUT2D eigenvalue weighted by Gasteiger charge is -2.14. The maximum absolute atomic E-state index is 12.0. The second-order valence-electron chi connectivity index (χ2n) is 5.98. The molecule has 0 saturated carbocycles. The number of carbonyl (C=O) groups excluding carboxylic acids is 2. The summed E-state index contributed by atoms with van der Waals surface area (Å²) in [6.45, 7) is 4.03. The number of aromatic nitrogens is 1. The summed E-state index contributed by atoms with van der Waals surface area (Å²) in [6.07, 6.45) is 2.10. The lowest BCUT2D eigenvalue weighted by Crippen LogP contribution is -2.36. The Morgan fingerprint density at radius 1 is 1.08 bits per heavy atom. The van der Waals surface area contributed by atoms with Crippen LogP contribution in [-0.2, 0) is 4.79 Å². The summed E-state index contributed by atoms with van der Waals surface area (Å²) in [5.41, 5.74) is 6.93. The Hall–Kier alpha value is -2.73. The fourth-order valence-corrected chi connectivity index (χ4v) is 2.17. The van der Waals surface area contributed by atoms with E-state index in [1.807, 2.05) is 19.9 Å². The maximum atomic E-state index is 12.0. The first kappa shape index (κ1) is 17.6. The van der Waals surface area contributed by atoms with E-state index in [4.69, 9.17) is 5.73 Å². The standard InChI is InChI=1S/C18H22N4O2/c1-12(2)10-15(19)18(24)21-14-8-9-16(20-11-14)22-17(23)13-6-4-3-5-7-13/h3-9,11-12,15H,10,19H2,1-2H3,(H,21,24)(H,20,22,23)/t15-/m0/s1. The third kappa shape index (κ3) is 5.17. The molecule has 2 aromatic rings. The number of nitrogens with one attached hydrogen (secondary N) is 2. The summed E-state index contributed by atoms with van der Waals surface area (Å²) < 4.78 is 0. The Balaban J connectivity index is 1.93. The van der Waals surface area contributed by atoms with E-state index in [1.165, 1.54) is 6.20 Å². The fourth-order valence-electron chi connectivity index (χ4n) is 2.17. The number of nitrogens with two attached hydrogens (primary N) is 1. The van der Waals surface area contributed by atoms with Gasteiger partial charge in [0.2, 0.25) is 5.91 Å². The van der Waals surface area contributed by atoms with Crippen LogP contribution in [0.15, 0.2) is 48.7 Å². The van der Waals surface area contributed by atoms with E-state index in [1.54, 1.807) is 36.4 Å². The van der Waals surface area contributed by atoms with Crippen molar-refractivity contribution in [2.75, 3.05) is 10.6 Å². The Labute approximate surface area is 141 Å². The number of rotatable bonds is 6. The van der Waals surface area contributed by atoms with E-state index in [0.717, 1.165) is 0 Å². The largest absolute Gasteiger partial charge is 0.323 e. The van der Waals surface area contributed by atoms with Crippen LogP contribution in [0.2, 0.25) is 0 Å². The van der Waals surface area contributed by atoms with E-state index in [0.29, 0.717) is 29.4 Å². The van der Waals surface area contributed by atoms with Crippen LogP contribution in [0.4, 0.5) is 11.5 Å². The third-order valence-electron chi connectivity index (χ3n) is 3.37. The number of anilines is 2. The van der Waals surface area contributed by atoms with Gasteiger partial charge in [0.1, 0.15) is 5.82 Å². The van der Waals surface area contributed by atoms with Crippen molar-refractivity contribution in [3.05, 3.63) is 54.2 Å². The first-order valence-electron chi connectivity index (χ1n) is 7.84. The molecule has 6 heteroatoms. The maximum Gasteiger partial charge on any atom is 0.256 e. The van der Waals surface area contributed by atoms with Crippen LogP contribution in [0, 0.1) is 5.92 Å². The molecule has 0 saturated heterocycles. The Bertz CT molecular complexity index is 684. The lowest BCUT2D eigenvalue weighted by atomic mass is 10.0. The van der Waals surface area contributed by atoms with E-state index >= 15 is 0 Å². The van der Waals surface area contributed by atoms with Crippen LogP contribution >= 0.6 is 0 Å². The number of hydrogen-bond donors (Lipinski definition) is 3. The van der Waals surface area contributed by atoms with Gasteiger partial charge in [-0.3, -0.25) is 9.59 Å². The normalized spacial score (nSPS) is 11.8. The molecule has 6 nitrogen and oxygen atoms in total. The minimum Gasteiger partial charge on any atom is -0.323 e. The molecular weight excluding hydrogens is 304 g/mol. The number of benzene rings is 1. The highest BCUT2D eigenvalue weighted by molar-refractivity contribution is 6.03. The highest BCUT2D eigenvalue weighted by Gasteiger charge is 2.15. The van der Waals surface area contributed by atoms with Gasteiger partial charge in [0, 0.05) is 5.56 Å². The van der Waals surface area contributed by atoms with Crippen molar-refractivity contribution in [1.29, 1.82) is 0 Å². The molecule has 0 aliphatic rings. The van der Waals surface area contributed by atoms with Gasteiger partial charge in [-0.2, -0.15) is 0 Å². The van der Waals surface area contributed by atoms with Crippen molar-refractivity contribution in [2.45, 2.75) is 26.3 Å². The van der Waals surface area contributed by atoms with E-state index in [9.17, 15) is 9.59 Å². The summed E-state index contributed by atoms with van der Waals surface area (Å²) >= 11 is 0. The molecule has 0 radical (unpaired) electrons. The predicted molar refractivity (Wildman–Crippen MR) is 94.7 cm³/mol. The quantitative estimate of drug-likeness (QED) is 0.760. The molecule has 24 heavy (non-hydrogen) atoms. The topological polar surface area (TPSA) is 97.1 Å². The molecule has 0 bridgehead atoms. The summed E-state index contributed by atoms with van der Waals surface area (Å²) in [4.78, 5) is 28.1. The number of nitrogens with zero attached hydrogens (tertiary/aromatic N) is 1. The Kier molecular flexibility index (Phi) is 6.03. The van der Waals surface area contributed by atoms with E-state index in [2.05, 4.69) is 15.6 Å². The molecule has 1 atom stereocenters. The zero-order valence-corrected chi connectivity index (χ0v) is 13.8. The monoisotopic (exact) mass is 326 g/mol. The Morgan fingerprint density at radius 2 is 1.79 bits per heavy atom. The van der Waals surface area contributed by atoms with Gasteiger partial charge in [-0.25, -0.2) is 4.98 Å². The van der Waals surface area contributed by atoms with Crippen molar-refractivity contribution >= 4 is 23.3 Å². The molecule has 126 valence electrons. The van der Waals surface area contributed by atoms with Crippen LogP contribution in [-0.4, -0.2) is 22.8 Å². The highest BCUT2D eigenvalue weighted by Crippen LogP contribution is 2.12. The lowest BCUT2D eigenvalue weighted by molar-refractivity contribution is -0.117. The summed E-state index contributed by atoms with van der Waals surface area (Å²) in [5.74, 6) is 0.276. The molecule has 1 aromatic heterocycles. The molecule has 4 N–H and O–H groups in total. The predicted octanol–water partition coefficient (Wildman–Crippen LogP) is 2.65. The summed E-state index contributed by atoms with van der Waals surface area (Å²) in [5, 5.41) is 5.42. The average molecular weight is 326 g/mol. The van der Waals surface area contributed by atoms with Crippen molar-refractivity contribution in [3.8, 4) is 0 Å². The molecule has 0 fully saturated rings. The van der Waals surface area contributed by atoms with Gasteiger partial charge in [-0.15, -0.1) is 0 Å². The number of carbonyl (C=O) groups is 2. The smallest absolute Gasteiger partial charge is 0.256 e. The molecule has 0 aliphatic carbocycles. The van der Waals surface area contributed by atoms with Gasteiger partial charge in [-0.1, -0.05) is 32.0 Å². The minimum absolute atomic E-state index is 0.237. The zero-order chi connectivity index (χ0) is 17.5. The van der Waals surface area contributed by atoms with Gasteiger partial charge in [0.15, 0.2) is 0 Å². The fraction of sp³-hybridized carbons (Fsp3) is 0.278. The average Bonchev–Trinajstić information content (AvgIpc) is 2.56. The van der Waals surface area contributed by atoms with E-state index < -0.39 is 6.04 Å². The molecule has 1 heterocycles. The van der Waals surface area contributed by atoms with Gasteiger partial charge in [0.25, 0.3) is 5.91 Å². The van der Waals surface area contributed by atoms with Gasteiger partial charge < -0.3 is 16.4 Å². The first-order chi connectivity index (χ1) is 11.5. The van der Waals surface area contributed by atoms with Crippen LogP contribution in [0.1, 0.15) is 30.6 Å². The van der Waals surface area contributed by atoms with Crippen LogP contribution in [0.3, 0.4) is 0 Å². The molecule has 0 spiro atoms.